The highest BCUT2D eigenvalue weighted by Gasteiger charge is 2.23. The Morgan fingerprint density at radius 3 is 2.94 bits per heavy atom. The zero-order valence-electron chi connectivity index (χ0n) is 11.1. The molecule has 0 unspecified atom stereocenters. The van der Waals surface area contributed by atoms with Crippen LogP contribution < -0.4 is 0 Å². The lowest BCUT2D eigenvalue weighted by Crippen LogP contribution is -2.34. The van der Waals surface area contributed by atoms with Gasteiger partial charge in [0.2, 0.25) is 0 Å². The lowest BCUT2D eigenvalue weighted by molar-refractivity contribution is -0.118. The number of rotatable bonds is 9. The first-order chi connectivity index (χ1) is 8.24. The molecule has 100 valence electrons. The van der Waals surface area contributed by atoms with Gasteiger partial charge in [0, 0.05) is 32.7 Å². The van der Waals surface area contributed by atoms with Crippen LogP contribution in [0, 0.1) is 0 Å². The highest BCUT2D eigenvalue weighted by molar-refractivity contribution is 5.75. The van der Waals surface area contributed by atoms with E-state index >= 15 is 0 Å². The summed E-state index contributed by atoms with van der Waals surface area (Å²) in [6.07, 6.45) is 4.10. The van der Waals surface area contributed by atoms with Crippen molar-refractivity contribution in [3.63, 3.8) is 0 Å². The van der Waals surface area contributed by atoms with Gasteiger partial charge < -0.3 is 9.47 Å². The first kappa shape index (κ1) is 14.6. The van der Waals surface area contributed by atoms with Crippen molar-refractivity contribution in [1.82, 2.24) is 4.90 Å². The first-order valence-electron chi connectivity index (χ1n) is 6.54. The summed E-state index contributed by atoms with van der Waals surface area (Å²) >= 11 is 0. The highest BCUT2D eigenvalue weighted by Crippen LogP contribution is 2.17. The van der Waals surface area contributed by atoms with E-state index < -0.39 is 0 Å². The van der Waals surface area contributed by atoms with Crippen LogP contribution in [0.2, 0.25) is 0 Å². The second kappa shape index (κ2) is 8.61. The summed E-state index contributed by atoms with van der Waals surface area (Å²) < 4.78 is 10.6. The van der Waals surface area contributed by atoms with E-state index in [2.05, 4.69) is 4.90 Å². The Bertz CT molecular complexity index is 221. The zero-order chi connectivity index (χ0) is 12.5. The summed E-state index contributed by atoms with van der Waals surface area (Å²) in [6, 6.07) is 0.595. The minimum Gasteiger partial charge on any atom is -0.383 e. The van der Waals surface area contributed by atoms with Gasteiger partial charge in [-0.05, 0) is 32.7 Å². The van der Waals surface area contributed by atoms with Crippen molar-refractivity contribution in [3.05, 3.63) is 0 Å². The van der Waals surface area contributed by atoms with Crippen LogP contribution in [0.1, 0.15) is 32.6 Å². The second-order valence-electron chi connectivity index (χ2n) is 4.71. The number of hydrogen-bond donors (Lipinski definition) is 0. The highest BCUT2D eigenvalue weighted by atomic mass is 16.5. The van der Waals surface area contributed by atoms with E-state index in [1.807, 2.05) is 0 Å². The lowest BCUT2D eigenvalue weighted by atomic mass is 10.2. The second-order valence-corrected chi connectivity index (χ2v) is 4.71. The van der Waals surface area contributed by atoms with Crippen LogP contribution in [0.5, 0.6) is 0 Å². The molecule has 0 aromatic carbocycles. The van der Waals surface area contributed by atoms with Crippen molar-refractivity contribution in [1.29, 1.82) is 0 Å². The first-order valence-corrected chi connectivity index (χ1v) is 6.54. The van der Waals surface area contributed by atoms with E-state index in [1.54, 1.807) is 14.0 Å². The number of carbonyl (C=O) groups excluding carboxylic acids is 1. The minimum absolute atomic E-state index is 0.199. The average molecular weight is 243 g/mol. The molecular formula is C13H25NO3. The topological polar surface area (TPSA) is 38.8 Å². The van der Waals surface area contributed by atoms with Crippen molar-refractivity contribution < 1.29 is 14.3 Å². The average Bonchev–Trinajstić information content (AvgIpc) is 2.71. The van der Waals surface area contributed by atoms with Crippen LogP contribution in [0.25, 0.3) is 0 Å². The molecule has 0 spiro atoms. The summed E-state index contributed by atoms with van der Waals surface area (Å²) in [7, 11) is 1.77. The fourth-order valence-electron chi connectivity index (χ4n) is 2.26. The van der Waals surface area contributed by atoms with E-state index in [-0.39, 0.29) is 5.78 Å². The third-order valence-corrected chi connectivity index (χ3v) is 3.19. The molecule has 0 aromatic rings. The molecule has 0 bridgehead atoms. The summed E-state index contributed by atoms with van der Waals surface area (Å²) in [5, 5.41) is 0. The minimum atomic E-state index is 0.199. The van der Waals surface area contributed by atoms with Gasteiger partial charge in [-0.1, -0.05) is 0 Å². The summed E-state index contributed by atoms with van der Waals surface area (Å²) in [5.41, 5.74) is 0. The molecule has 1 heterocycles. The van der Waals surface area contributed by atoms with Crippen molar-refractivity contribution in [3.8, 4) is 0 Å². The number of ketones is 1. The number of nitrogens with zero attached hydrogens (tertiary/aromatic N) is 1. The van der Waals surface area contributed by atoms with E-state index in [0.29, 0.717) is 19.1 Å². The zero-order valence-corrected chi connectivity index (χ0v) is 11.1. The monoisotopic (exact) mass is 243 g/mol. The van der Waals surface area contributed by atoms with Crippen molar-refractivity contribution >= 4 is 5.78 Å². The van der Waals surface area contributed by atoms with Gasteiger partial charge in [0.25, 0.3) is 0 Å². The van der Waals surface area contributed by atoms with E-state index in [4.69, 9.17) is 9.47 Å². The van der Waals surface area contributed by atoms with E-state index in [0.717, 1.165) is 26.2 Å². The molecule has 4 nitrogen and oxygen atoms in total. The van der Waals surface area contributed by atoms with Crippen LogP contribution in [0.15, 0.2) is 0 Å². The van der Waals surface area contributed by atoms with Crippen LogP contribution in [-0.4, -0.2) is 56.7 Å². The van der Waals surface area contributed by atoms with E-state index in [9.17, 15) is 4.79 Å². The van der Waals surface area contributed by atoms with Crippen molar-refractivity contribution in [2.75, 3.05) is 40.0 Å². The van der Waals surface area contributed by atoms with Crippen LogP contribution in [0.4, 0.5) is 0 Å². The molecular weight excluding hydrogens is 218 g/mol. The lowest BCUT2D eigenvalue weighted by Gasteiger charge is -2.23. The van der Waals surface area contributed by atoms with Gasteiger partial charge in [-0.25, -0.2) is 0 Å². The molecule has 4 heteroatoms. The van der Waals surface area contributed by atoms with Gasteiger partial charge in [-0.2, -0.15) is 0 Å². The quantitative estimate of drug-likeness (QED) is 0.575. The molecule has 17 heavy (non-hydrogen) atoms. The van der Waals surface area contributed by atoms with Gasteiger partial charge in [-0.15, -0.1) is 0 Å². The molecule has 1 fully saturated rings. The summed E-state index contributed by atoms with van der Waals surface area (Å²) in [4.78, 5) is 13.2. The largest absolute Gasteiger partial charge is 0.383 e. The predicted octanol–water partition coefficient (Wildman–Crippen LogP) is 1.48. The maximum absolute atomic E-state index is 10.7. The molecule has 1 saturated heterocycles. The summed E-state index contributed by atoms with van der Waals surface area (Å²) in [6.45, 7) is 6.02. The Labute approximate surface area is 104 Å². The Morgan fingerprint density at radius 2 is 2.24 bits per heavy atom. The van der Waals surface area contributed by atoms with Crippen LogP contribution in [0.3, 0.4) is 0 Å². The Morgan fingerprint density at radius 1 is 1.41 bits per heavy atom. The Balaban J connectivity index is 2.00. The van der Waals surface area contributed by atoms with Gasteiger partial charge in [0.15, 0.2) is 0 Å². The molecule has 1 aliphatic rings. The standard InChI is InChI=1S/C13H25NO3/c1-12(15)6-10-17-9-4-8-14-7-3-5-13(14)11-16-2/h13H,3-11H2,1-2H3/t13-/m0/s1. The summed E-state index contributed by atoms with van der Waals surface area (Å²) in [5.74, 6) is 0.199. The normalized spacial score (nSPS) is 20.9. The predicted molar refractivity (Wildman–Crippen MR) is 67.2 cm³/mol. The molecule has 1 rings (SSSR count). The fraction of sp³-hybridized carbons (Fsp3) is 0.923. The third-order valence-electron chi connectivity index (χ3n) is 3.19. The van der Waals surface area contributed by atoms with E-state index in [1.165, 1.54) is 19.4 Å². The third kappa shape index (κ3) is 6.15. The number of methoxy groups -OCH3 is 1. The molecule has 0 aromatic heterocycles. The van der Waals surface area contributed by atoms with Crippen LogP contribution in [-0.2, 0) is 14.3 Å². The Kier molecular flexibility index (Phi) is 7.40. The molecule has 1 atom stereocenters. The van der Waals surface area contributed by atoms with Gasteiger partial charge in [-0.3, -0.25) is 9.69 Å². The number of carbonyl (C=O) groups is 1. The van der Waals surface area contributed by atoms with Gasteiger partial charge in [0.05, 0.1) is 13.2 Å². The molecule has 0 amide bonds. The number of ether oxygens (including phenoxy) is 2. The maximum atomic E-state index is 10.7. The van der Waals surface area contributed by atoms with Crippen molar-refractivity contribution in [2.45, 2.75) is 38.6 Å². The Hall–Kier alpha value is -0.450. The maximum Gasteiger partial charge on any atom is 0.132 e. The molecule has 0 saturated carbocycles. The molecule has 0 aliphatic carbocycles. The molecule has 0 N–H and O–H groups in total. The van der Waals surface area contributed by atoms with Gasteiger partial charge in [0.1, 0.15) is 5.78 Å². The fourth-order valence-corrected chi connectivity index (χ4v) is 2.26. The molecule has 0 radical (unpaired) electrons. The van der Waals surface area contributed by atoms with Crippen molar-refractivity contribution in [2.24, 2.45) is 0 Å². The number of hydrogen-bond acceptors (Lipinski definition) is 4. The number of likely N-dealkylation sites (tertiary alicyclic amines) is 1. The smallest absolute Gasteiger partial charge is 0.132 e. The SMILES string of the molecule is COC[C@@H]1CCCN1CCCOCCC(C)=O. The molecule has 1 aliphatic heterocycles. The van der Waals surface area contributed by atoms with Crippen LogP contribution >= 0.6 is 0 Å². The van der Waals surface area contributed by atoms with Gasteiger partial charge >= 0.3 is 0 Å². The number of Topliss-reactive ketones (excluding diaryl/α,β-unsaturated/α-hetero) is 1.